The largest absolute Gasteiger partial charge is 0.497 e. The van der Waals surface area contributed by atoms with Crippen LogP contribution in [0.1, 0.15) is 62.5 Å². The van der Waals surface area contributed by atoms with Gasteiger partial charge in [-0.1, -0.05) is 19.6 Å². The molecule has 3 heterocycles. The van der Waals surface area contributed by atoms with Gasteiger partial charge in [-0.15, -0.1) is 0 Å². The summed E-state index contributed by atoms with van der Waals surface area (Å²) < 4.78 is 25.7. The Balaban J connectivity index is 1.46. The first-order valence-electron chi connectivity index (χ1n) is 16.8. The molecule has 5 rings (SSSR count). The zero-order valence-corrected chi connectivity index (χ0v) is 30.3. The van der Waals surface area contributed by atoms with Crippen LogP contribution in [0.4, 0.5) is 4.79 Å². The van der Waals surface area contributed by atoms with E-state index in [0.29, 0.717) is 73.3 Å². The van der Waals surface area contributed by atoms with Crippen LogP contribution in [0, 0.1) is 12.8 Å². The van der Waals surface area contributed by atoms with Gasteiger partial charge in [0.25, 0.3) is 5.91 Å². The molecule has 12 heteroatoms. The second-order valence-electron chi connectivity index (χ2n) is 15.0. The number of aromatic nitrogens is 3. The van der Waals surface area contributed by atoms with Crippen LogP contribution in [0.5, 0.6) is 11.5 Å². The number of amides is 2. The molecule has 1 aromatic carbocycles. The van der Waals surface area contributed by atoms with Gasteiger partial charge in [-0.3, -0.25) is 4.79 Å². The van der Waals surface area contributed by atoms with Crippen LogP contribution in [0.15, 0.2) is 24.5 Å². The molecule has 3 aromatic rings. The molecule has 1 aliphatic carbocycles. The van der Waals surface area contributed by atoms with Crippen molar-refractivity contribution in [3.63, 3.8) is 0 Å². The minimum Gasteiger partial charge on any atom is -0.497 e. The van der Waals surface area contributed by atoms with Crippen molar-refractivity contribution in [2.45, 2.75) is 97.4 Å². The number of rotatable bonds is 12. The first-order valence-corrected chi connectivity index (χ1v) is 20.5. The van der Waals surface area contributed by atoms with E-state index in [1.165, 1.54) is 19.2 Å². The average molecular weight is 666 g/mol. The Morgan fingerprint density at radius 2 is 1.79 bits per heavy atom. The van der Waals surface area contributed by atoms with Crippen LogP contribution in [0.3, 0.4) is 0 Å². The predicted octanol–water partition coefficient (Wildman–Crippen LogP) is 6.65. The summed E-state index contributed by atoms with van der Waals surface area (Å²) >= 11 is 0. The molecular weight excluding hydrogens is 615 g/mol. The maximum atomic E-state index is 14.0. The summed E-state index contributed by atoms with van der Waals surface area (Å²) in [6.07, 6.45) is 4.81. The van der Waals surface area contributed by atoms with Crippen LogP contribution >= 0.6 is 0 Å². The number of carbonyl (C=O) groups excluding carboxylic acids is 2. The molecule has 256 valence electrons. The minimum absolute atomic E-state index is 0.0858. The summed E-state index contributed by atoms with van der Waals surface area (Å²) in [7, 11) is 0.338. The molecule has 2 amide bonds. The molecule has 0 unspecified atom stereocenters. The summed E-state index contributed by atoms with van der Waals surface area (Å²) in [5, 5.41) is 3.23. The Hall–Kier alpha value is -3.64. The van der Waals surface area contributed by atoms with Gasteiger partial charge in [0.1, 0.15) is 41.4 Å². The number of benzene rings is 1. The van der Waals surface area contributed by atoms with Crippen LogP contribution in [0.25, 0.3) is 22.3 Å². The lowest BCUT2D eigenvalue weighted by Gasteiger charge is -2.33. The molecule has 1 saturated carbocycles. The molecule has 2 aliphatic rings. The van der Waals surface area contributed by atoms with Gasteiger partial charge in [0.15, 0.2) is 0 Å². The molecule has 11 nitrogen and oxygen atoms in total. The fourth-order valence-electron chi connectivity index (χ4n) is 5.68. The highest BCUT2D eigenvalue weighted by atomic mass is 28.3. The number of nitrogens with zero attached hydrogens (tertiary/aromatic N) is 4. The van der Waals surface area contributed by atoms with Crippen molar-refractivity contribution in [2.75, 3.05) is 33.4 Å². The number of carbonyl (C=O) groups is 2. The Labute approximate surface area is 279 Å². The number of piperidine rings is 1. The van der Waals surface area contributed by atoms with Crippen molar-refractivity contribution in [1.29, 1.82) is 0 Å². The third-order valence-electron chi connectivity index (χ3n) is 8.64. The minimum atomic E-state index is -1.30. The molecular formula is C35H51N5O6Si. The van der Waals surface area contributed by atoms with Crippen molar-refractivity contribution >= 4 is 31.1 Å². The van der Waals surface area contributed by atoms with Gasteiger partial charge in [0.05, 0.1) is 24.8 Å². The summed E-state index contributed by atoms with van der Waals surface area (Å²) in [6, 6.07) is 6.70. The van der Waals surface area contributed by atoms with E-state index >= 15 is 0 Å². The summed E-state index contributed by atoms with van der Waals surface area (Å²) in [6.45, 7) is 17.1. The molecule has 2 fully saturated rings. The maximum absolute atomic E-state index is 14.0. The summed E-state index contributed by atoms with van der Waals surface area (Å²) in [5.74, 6) is 1.75. The number of hydrogen-bond acceptors (Lipinski definition) is 8. The zero-order chi connectivity index (χ0) is 33.9. The standard InChI is InChI=1S/C35H51N5O6Si/c1-23-29(33(41)38-25-13-15-39(16-14-25)34(42)46-35(2,3)4)31-32(40(23)22-44-17-18-47(6,7)8)30(36-21-37-31)27-12-11-26(43-5)19-28(27)45-20-24-9-10-24/h11-12,19,21,24-25H,9-10,13-18,20,22H2,1-8H3,(H,38,41). The van der Waals surface area contributed by atoms with Gasteiger partial charge >= 0.3 is 6.09 Å². The average Bonchev–Trinajstić information content (AvgIpc) is 3.79. The molecule has 0 atom stereocenters. The molecule has 47 heavy (non-hydrogen) atoms. The highest BCUT2D eigenvalue weighted by molar-refractivity contribution is 6.76. The molecule has 1 saturated heterocycles. The van der Waals surface area contributed by atoms with Gasteiger partial charge in [0, 0.05) is 51.1 Å². The SMILES string of the molecule is COc1ccc(-c2ncnc3c(C(=O)NC4CCN(C(=O)OC(C)(C)C)CC4)c(C)n(COCC[Si](C)(C)C)c23)c(OCC2CC2)c1. The lowest BCUT2D eigenvalue weighted by Crippen LogP contribution is -2.47. The molecule has 1 N–H and O–H groups in total. The van der Waals surface area contributed by atoms with Gasteiger partial charge in [-0.2, -0.15) is 0 Å². The molecule has 0 radical (unpaired) electrons. The van der Waals surface area contributed by atoms with Crippen molar-refractivity contribution in [3.05, 3.63) is 35.8 Å². The highest BCUT2D eigenvalue weighted by Gasteiger charge is 2.31. The van der Waals surface area contributed by atoms with E-state index in [1.807, 2.05) is 50.5 Å². The van der Waals surface area contributed by atoms with Crippen LogP contribution in [-0.2, 0) is 16.2 Å². The van der Waals surface area contributed by atoms with E-state index in [1.54, 1.807) is 12.0 Å². The third kappa shape index (κ3) is 8.84. The smallest absolute Gasteiger partial charge is 0.410 e. The highest BCUT2D eigenvalue weighted by Crippen LogP contribution is 2.39. The molecule has 1 aliphatic heterocycles. The fourth-order valence-corrected chi connectivity index (χ4v) is 6.44. The van der Waals surface area contributed by atoms with Crippen LogP contribution in [0.2, 0.25) is 25.7 Å². The van der Waals surface area contributed by atoms with E-state index in [9.17, 15) is 9.59 Å². The lowest BCUT2D eigenvalue weighted by atomic mass is 10.0. The van der Waals surface area contributed by atoms with E-state index in [4.69, 9.17) is 23.9 Å². The molecule has 0 spiro atoms. The van der Waals surface area contributed by atoms with Gasteiger partial charge < -0.3 is 33.7 Å². The Morgan fingerprint density at radius 1 is 1.06 bits per heavy atom. The lowest BCUT2D eigenvalue weighted by molar-refractivity contribution is 0.0199. The quantitative estimate of drug-likeness (QED) is 0.169. The Kier molecular flexibility index (Phi) is 10.5. The number of hydrogen-bond donors (Lipinski definition) is 1. The first kappa shape index (κ1) is 34.7. The van der Waals surface area contributed by atoms with E-state index in [-0.39, 0.29) is 24.8 Å². The van der Waals surface area contributed by atoms with E-state index in [2.05, 4.69) is 29.9 Å². The number of ether oxygens (including phenoxy) is 4. The van der Waals surface area contributed by atoms with Gasteiger partial charge in [-0.05, 0) is 77.5 Å². The molecule has 2 aromatic heterocycles. The van der Waals surface area contributed by atoms with Crippen LogP contribution in [-0.4, -0.2) is 84.6 Å². The second kappa shape index (κ2) is 14.2. The van der Waals surface area contributed by atoms with Crippen LogP contribution < -0.4 is 14.8 Å². The predicted molar refractivity (Wildman–Crippen MR) is 185 cm³/mol. The van der Waals surface area contributed by atoms with Crippen molar-refractivity contribution in [2.24, 2.45) is 5.92 Å². The number of methoxy groups -OCH3 is 1. The second-order valence-corrected chi connectivity index (χ2v) is 20.6. The van der Waals surface area contributed by atoms with Crippen molar-refractivity contribution < 1.29 is 28.5 Å². The van der Waals surface area contributed by atoms with Gasteiger partial charge in [-0.25, -0.2) is 14.8 Å². The topological polar surface area (TPSA) is 117 Å². The number of fused-ring (bicyclic) bond motifs is 1. The number of likely N-dealkylation sites (tertiary alicyclic amines) is 1. The summed E-state index contributed by atoms with van der Waals surface area (Å²) in [4.78, 5) is 37.8. The first-order chi connectivity index (χ1) is 22.2. The Bertz CT molecular complexity index is 1580. The monoisotopic (exact) mass is 665 g/mol. The van der Waals surface area contributed by atoms with Crippen molar-refractivity contribution in [3.8, 4) is 22.8 Å². The zero-order valence-electron chi connectivity index (χ0n) is 29.3. The van der Waals surface area contributed by atoms with Crippen molar-refractivity contribution in [1.82, 2.24) is 24.8 Å². The maximum Gasteiger partial charge on any atom is 0.410 e. The van der Waals surface area contributed by atoms with Gasteiger partial charge in [0.2, 0.25) is 0 Å². The normalized spacial score (nSPS) is 16.0. The third-order valence-corrected chi connectivity index (χ3v) is 10.3. The number of nitrogens with one attached hydrogen (secondary N) is 1. The fraction of sp³-hybridized carbons (Fsp3) is 0.600. The van der Waals surface area contributed by atoms with E-state index < -0.39 is 13.7 Å². The molecule has 0 bridgehead atoms. The van der Waals surface area contributed by atoms with E-state index in [0.717, 1.165) is 22.8 Å². The Morgan fingerprint density at radius 3 is 2.43 bits per heavy atom. The summed E-state index contributed by atoms with van der Waals surface area (Å²) in [5.41, 5.74) is 3.47.